The zero-order chi connectivity index (χ0) is 14.3. The van der Waals surface area contributed by atoms with E-state index >= 15 is 0 Å². The Labute approximate surface area is 124 Å². The van der Waals surface area contributed by atoms with Gasteiger partial charge >= 0.3 is 0 Å². The molecule has 3 nitrogen and oxygen atoms in total. The molecule has 0 aliphatic heterocycles. The fraction of sp³-hybridized carbons (Fsp3) is 0.533. The molecule has 0 aromatic heterocycles. The predicted molar refractivity (Wildman–Crippen MR) is 81.0 cm³/mol. The van der Waals surface area contributed by atoms with E-state index in [9.17, 15) is 0 Å². The molecule has 0 fully saturated rings. The van der Waals surface area contributed by atoms with Gasteiger partial charge in [-0.1, -0.05) is 22.9 Å². The summed E-state index contributed by atoms with van der Waals surface area (Å²) in [5.74, 6) is 0.852. The van der Waals surface area contributed by atoms with E-state index < -0.39 is 0 Å². The first-order valence-corrected chi connectivity index (χ1v) is 7.31. The molecule has 0 saturated heterocycles. The molecule has 0 atom stereocenters. The number of hydrogen-bond acceptors (Lipinski definition) is 3. The van der Waals surface area contributed by atoms with E-state index in [-0.39, 0.29) is 5.41 Å². The number of hydrogen-bond donors (Lipinski definition) is 1. The highest BCUT2D eigenvalue weighted by Gasteiger charge is 2.16. The largest absolute Gasteiger partial charge is 0.494 e. The molecule has 1 rings (SSSR count). The normalized spacial score (nSPS) is 11.1. The minimum atomic E-state index is -0.331. The molecule has 0 bridgehead atoms. The van der Waals surface area contributed by atoms with Gasteiger partial charge in [0.15, 0.2) is 0 Å². The maximum absolute atomic E-state index is 8.95. The van der Waals surface area contributed by atoms with Gasteiger partial charge in [-0.05, 0) is 50.6 Å². The van der Waals surface area contributed by atoms with Crippen molar-refractivity contribution in [2.75, 3.05) is 13.2 Å². The van der Waals surface area contributed by atoms with E-state index in [1.54, 1.807) is 0 Å². The molecule has 0 aliphatic carbocycles. The molecule has 0 unspecified atom stereocenters. The van der Waals surface area contributed by atoms with Crippen molar-refractivity contribution in [3.05, 3.63) is 28.2 Å². The average Bonchev–Trinajstić information content (AvgIpc) is 2.39. The molecular weight excluding hydrogens is 304 g/mol. The minimum absolute atomic E-state index is 0.331. The van der Waals surface area contributed by atoms with Crippen LogP contribution in [0.25, 0.3) is 0 Å². The highest BCUT2D eigenvalue weighted by atomic mass is 79.9. The molecule has 4 heteroatoms. The first-order valence-electron chi connectivity index (χ1n) is 6.51. The molecule has 104 valence electrons. The Morgan fingerprint density at radius 1 is 1.42 bits per heavy atom. The second kappa shape index (κ2) is 7.52. The first kappa shape index (κ1) is 16.0. The van der Waals surface area contributed by atoms with Crippen molar-refractivity contribution in [3.8, 4) is 11.8 Å². The molecule has 1 aromatic rings. The van der Waals surface area contributed by atoms with E-state index in [1.165, 1.54) is 5.56 Å². The second-order valence-electron chi connectivity index (χ2n) is 5.13. The smallest absolute Gasteiger partial charge is 0.119 e. The van der Waals surface area contributed by atoms with Crippen molar-refractivity contribution < 1.29 is 4.74 Å². The number of nitriles is 1. The van der Waals surface area contributed by atoms with Crippen LogP contribution in [0.15, 0.2) is 22.7 Å². The van der Waals surface area contributed by atoms with Gasteiger partial charge in [0, 0.05) is 11.0 Å². The molecule has 0 spiro atoms. The quantitative estimate of drug-likeness (QED) is 0.827. The number of ether oxygens (including phenoxy) is 1. The van der Waals surface area contributed by atoms with Crippen LogP contribution in [-0.4, -0.2) is 13.2 Å². The second-order valence-corrected chi connectivity index (χ2v) is 5.98. The van der Waals surface area contributed by atoms with Crippen LogP contribution in [-0.2, 0) is 6.54 Å². The number of rotatable bonds is 7. The van der Waals surface area contributed by atoms with E-state index in [2.05, 4.69) is 34.2 Å². The Balaban J connectivity index is 2.57. The van der Waals surface area contributed by atoms with Crippen LogP contribution < -0.4 is 10.1 Å². The zero-order valence-electron chi connectivity index (χ0n) is 11.8. The van der Waals surface area contributed by atoms with Gasteiger partial charge in [0.25, 0.3) is 0 Å². The van der Waals surface area contributed by atoms with E-state index in [1.807, 2.05) is 32.0 Å². The van der Waals surface area contributed by atoms with Gasteiger partial charge in [0.2, 0.25) is 0 Å². The van der Waals surface area contributed by atoms with Crippen molar-refractivity contribution in [2.45, 2.75) is 33.7 Å². The molecule has 1 N–H and O–H groups in total. The van der Waals surface area contributed by atoms with Gasteiger partial charge in [0.05, 0.1) is 18.1 Å². The van der Waals surface area contributed by atoms with Crippen molar-refractivity contribution in [2.24, 2.45) is 5.41 Å². The summed E-state index contributed by atoms with van der Waals surface area (Å²) in [5, 5.41) is 12.2. The van der Waals surface area contributed by atoms with Crippen molar-refractivity contribution >= 4 is 15.9 Å². The van der Waals surface area contributed by atoms with Gasteiger partial charge in [-0.3, -0.25) is 0 Å². The third-order valence-corrected chi connectivity index (χ3v) is 3.65. The van der Waals surface area contributed by atoms with Crippen LogP contribution in [0.5, 0.6) is 5.75 Å². The fourth-order valence-electron chi connectivity index (χ4n) is 1.52. The molecule has 0 radical (unpaired) electrons. The Bertz CT molecular complexity index is 452. The number of benzene rings is 1. The van der Waals surface area contributed by atoms with Crippen molar-refractivity contribution in [1.82, 2.24) is 5.32 Å². The zero-order valence-corrected chi connectivity index (χ0v) is 13.4. The summed E-state index contributed by atoms with van der Waals surface area (Å²) in [6, 6.07) is 8.25. The third-order valence-electron chi connectivity index (χ3n) is 2.88. The minimum Gasteiger partial charge on any atom is -0.494 e. The number of nitrogens with zero attached hydrogens (tertiary/aromatic N) is 1. The molecule has 0 amide bonds. The lowest BCUT2D eigenvalue weighted by Gasteiger charge is -2.16. The molecule has 1 aromatic carbocycles. The highest BCUT2D eigenvalue weighted by molar-refractivity contribution is 9.10. The highest BCUT2D eigenvalue weighted by Crippen LogP contribution is 2.24. The van der Waals surface area contributed by atoms with E-state index in [4.69, 9.17) is 10.00 Å². The van der Waals surface area contributed by atoms with Crippen molar-refractivity contribution in [3.63, 3.8) is 0 Å². The van der Waals surface area contributed by atoms with Gasteiger partial charge in [-0.25, -0.2) is 0 Å². The average molecular weight is 325 g/mol. The summed E-state index contributed by atoms with van der Waals surface area (Å²) in [4.78, 5) is 0. The van der Waals surface area contributed by atoms with Gasteiger partial charge in [-0.15, -0.1) is 0 Å². The summed E-state index contributed by atoms with van der Waals surface area (Å²) >= 11 is 3.53. The lowest BCUT2D eigenvalue weighted by Crippen LogP contribution is -2.14. The summed E-state index contributed by atoms with van der Waals surface area (Å²) in [7, 11) is 0. The van der Waals surface area contributed by atoms with Crippen LogP contribution in [0.2, 0.25) is 0 Å². The predicted octanol–water partition coefficient (Wildman–Crippen LogP) is 3.88. The first-order chi connectivity index (χ1) is 8.98. The monoisotopic (exact) mass is 324 g/mol. The Morgan fingerprint density at radius 3 is 2.79 bits per heavy atom. The van der Waals surface area contributed by atoms with Crippen LogP contribution in [0.3, 0.4) is 0 Å². The number of halogens is 1. The van der Waals surface area contributed by atoms with Gasteiger partial charge in [0.1, 0.15) is 5.75 Å². The van der Waals surface area contributed by atoms with Crippen molar-refractivity contribution in [1.29, 1.82) is 5.26 Å². The van der Waals surface area contributed by atoms with Crippen LogP contribution in [0.1, 0.15) is 32.8 Å². The number of nitrogens with one attached hydrogen (secondary N) is 1. The SMILES string of the molecule is CCNCc1cc(OCCC(C)(C)C#N)ccc1Br. The molecule has 0 aliphatic rings. The standard InChI is InChI=1S/C15H21BrN2O/c1-4-18-10-12-9-13(5-6-14(12)16)19-8-7-15(2,3)11-17/h5-6,9,18H,4,7-8,10H2,1-3H3. The summed E-state index contributed by atoms with van der Waals surface area (Å²) < 4.78 is 6.80. The molecular formula is C15H21BrN2O. The van der Waals surface area contributed by atoms with E-state index in [0.717, 1.165) is 29.7 Å². The Morgan fingerprint density at radius 2 is 2.16 bits per heavy atom. The fourth-order valence-corrected chi connectivity index (χ4v) is 1.90. The topological polar surface area (TPSA) is 45.0 Å². The lowest BCUT2D eigenvalue weighted by atomic mass is 9.92. The van der Waals surface area contributed by atoms with E-state index in [0.29, 0.717) is 6.61 Å². The molecule has 0 saturated carbocycles. The maximum Gasteiger partial charge on any atom is 0.119 e. The Kier molecular flexibility index (Phi) is 6.33. The maximum atomic E-state index is 8.95. The molecule has 0 heterocycles. The summed E-state index contributed by atoms with van der Waals surface area (Å²) in [5.41, 5.74) is 0.848. The lowest BCUT2D eigenvalue weighted by molar-refractivity contribution is 0.264. The summed E-state index contributed by atoms with van der Waals surface area (Å²) in [6.07, 6.45) is 0.724. The summed E-state index contributed by atoms with van der Waals surface area (Å²) in [6.45, 7) is 8.25. The van der Waals surface area contributed by atoms with Gasteiger partial charge in [-0.2, -0.15) is 5.26 Å². The Hall–Kier alpha value is -1.05. The van der Waals surface area contributed by atoms with Crippen LogP contribution in [0.4, 0.5) is 0 Å². The third kappa shape index (κ3) is 5.63. The van der Waals surface area contributed by atoms with Crippen LogP contribution in [0, 0.1) is 16.7 Å². The van der Waals surface area contributed by atoms with Gasteiger partial charge < -0.3 is 10.1 Å². The molecule has 19 heavy (non-hydrogen) atoms. The van der Waals surface area contributed by atoms with Crippen LogP contribution >= 0.6 is 15.9 Å².